The number of nitrogens with zero attached hydrogens (tertiary/aromatic N) is 4. The number of para-hydroxylation sites is 1. The van der Waals surface area contributed by atoms with E-state index < -0.39 is 18.0 Å². The highest BCUT2D eigenvalue weighted by Gasteiger charge is 2.57. The highest BCUT2D eigenvalue weighted by atomic mass is 19.1. The van der Waals surface area contributed by atoms with Crippen molar-refractivity contribution in [3.8, 4) is 11.1 Å². The Morgan fingerprint density at radius 2 is 1.74 bits per heavy atom. The van der Waals surface area contributed by atoms with Gasteiger partial charge >= 0.3 is 0 Å². The zero-order chi connectivity index (χ0) is 23.3. The molecule has 1 amide bonds. The van der Waals surface area contributed by atoms with Gasteiger partial charge in [0.25, 0.3) is 0 Å². The lowest BCUT2D eigenvalue weighted by Gasteiger charge is -2.46. The van der Waals surface area contributed by atoms with E-state index in [0.29, 0.717) is 25.3 Å². The number of alkyl halides is 1. The van der Waals surface area contributed by atoms with Crippen LogP contribution in [0.15, 0.2) is 73.1 Å². The molecular formula is C27H22F2N4O. The predicted octanol–water partition coefficient (Wildman–Crippen LogP) is 4.51. The molecule has 4 aromatic rings. The number of carbonyl (C=O) groups is 1. The Hall–Kier alpha value is -3.71. The molecule has 1 spiro atoms. The second-order valence-electron chi connectivity index (χ2n) is 8.93. The van der Waals surface area contributed by atoms with Gasteiger partial charge in [0.05, 0.1) is 12.2 Å². The van der Waals surface area contributed by atoms with Crippen LogP contribution in [-0.4, -0.2) is 47.1 Å². The quantitative estimate of drug-likeness (QED) is 0.415. The van der Waals surface area contributed by atoms with Crippen LogP contribution < -0.4 is 4.90 Å². The number of carbonyl (C=O) groups excluding carboxylic acids is 1. The molecule has 34 heavy (non-hydrogen) atoms. The molecule has 6 rings (SSSR count). The predicted molar refractivity (Wildman–Crippen MR) is 127 cm³/mol. The summed E-state index contributed by atoms with van der Waals surface area (Å²) < 4.78 is 26.5. The summed E-state index contributed by atoms with van der Waals surface area (Å²) in [5, 5.41) is 1.92. The minimum absolute atomic E-state index is 0.0157. The summed E-state index contributed by atoms with van der Waals surface area (Å²) in [6.07, 6.45) is 3.31. The Morgan fingerprint density at radius 3 is 2.53 bits per heavy atom. The van der Waals surface area contributed by atoms with Gasteiger partial charge in [0.2, 0.25) is 11.9 Å². The number of fused-ring (bicyclic) bond motifs is 3. The normalized spacial score (nSPS) is 16.8. The molecule has 0 radical (unpaired) electrons. The molecule has 2 aliphatic rings. The van der Waals surface area contributed by atoms with Gasteiger partial charge in [0.15, 0.2) is 0 Å². The molecule has 0 saturated carbocycles. The lowest BCUT2D eigenvalue weighted by atomic mass is 9.74. The first-order valence-corrected chi connectivity index (χ1v) is 11.3. The van der Waals surface area contributed by atoms with E-state index >= 15 is 0 Å². The molecule has 7 heteroatoms. The monoisotopic (exact) mass is 456 g/mol. The largest absolute Gasteiger partial charge is 0.305 e. The van der Waals surface area contributed by atoms with Crippen molar-refractivity contribution >= 4 is 22.4 Å². The Balaban J connectivity index is 1.44. The van der Waals surface area contributed by atoms with Crippen molar-refractivity contribution in [1.82, 2.24) is 14.9 Å². The first-order chi connectivity index (χ1) is 16.6. The number of benzene rings is 2. The Labute approximate surface area is 195 Å². The molecule has 0 unspecified atom stereocenters. The van der Waals surface area contributed by atoms with E-state index in [9.17, 15) is 13.6 Å². The number of hydrogen-bond acceptors (Lipinski definition) is 4. The smallest absolute Gasteiger partial charge is 0.240 e. The number of rotatable bonds is 5. The maximum Gasteiger partial charge on any atom is 0.240 e. The van der Waals surface area contributed by atoms with Crippen molar-refractivity contribution in [2.75, 3.05) is 31.2 Å². The van der Waals surface area contributed by atoms with Crippen molar-refractivity contribution in [3.05, 3.63) is 90.3 Å². The fourth-order valence-electron chi connectivity index (χ4n) is 5.37. The van der Waals surface area contributed by atoms with Crippen LogP contribution in [0.4, 0.5) is 14.5 Å². The number of hydrogen-bond donors (Lipinski definition) is 0. The highest BCUT2D eigenvalue weighted by Crippen LogP contribution is 2.48. The van der Waals surface area contributed by atoms with Crippen molar-refractivity contribution in [1.29, 1.82) is 0 Å². The Bertz CT molecular complexity index is 1400. The number of likely N-dealkylation sites (tertiary alicyclic amines) is 1. The van der Waals surface area contributed by atoms with E-state index in [-0.39, 0.29) is 12.5 Å². The third kappa shape index (κ3) is 3.11. The summed E-state index contributed by atoms with van der Waals surface area (Å²) in [6, 6.07) is 18.7. The molecule has 0 atom stereocenters. The van der Waals surface area contributed by atoms with Crippen molar-refractivity contribution in [3.63, 3.8) is 0 Å². The first kappa shape index (κ1) is 20.9. The lowest BCUT2D eigenvalue weighted by Crippen LogP contribution is -2.64. The first-order valence-electron chi connectivity index (χ1n) is 11.3. The van der Waals surface area contributed by atoms with Gasteiger partial charge in [0.1, 0.15) is 12.1 Å². The molecule has 170 valence electrons. The number of aromatic nitrogens is 2. The van der Waals surface area contributed by atoms with Gasteiger partial charge in [-0.05, 0) is 29.1 Å². The van der Waals surface area contributed by atoms with Crippen LogP contribution >= 0.6 is 0 Å². The lowest BCUT2D eigenvalue weighted by molar-refractivity contribution is -0.129. The van der Waals surface area contributed by atoms with E-state index in [4.69, 9.17) is 4.98 Å². The van der Waals surface area contributed by atoms with Gasteiger partial charge in [-0.3, -0.25) is 14.7 Å². The van der Waals surface area contributed by atoms with Gasteiger partial charge in [0, 0.05) is 54.2 Å². The summed E-state index contributed by atoms with van der Waals surface area (Å²) in [5.74, 6) is -0.533. The minimum atomic E-state index is -0.639. The van der Waals surface area contributed by atoms with Gasteiger partial charge in [-0.1, -0.05) is 42.5 Å². The van der Waals surface area contributed by atoms with E-state index in [0.717, 1.165) is 33.2 Å². The number of anilines is 1. The Morgan fingerprint density at radius 1 is 0.941 bits per heavy atom. The second-order valence-corrected chi connectivity index (χ2v) is 8.93. The summed E-state index contributed by atoms with van der Waals surface area (Å²) in [7, 11) is 0. The zero-order valence-corrected chi connectivity index (χ0v) is 18.4. The van der Waals surface area contributed by atoms with E-state index in [2.05, 4.69) is 4.98 Å². The van der Waals surface area contributed by atoms with E-state index in [1.807, 2.05) is 53.4 Å². The molecule has 0 N–H and O–H groups in total. The maximum absolute atomic E-state index is 13.8. The van der Waals surface area contributed by atoms with Crippen LogP contribution in [0.5, 0.6) is 0 Å². The average Bonchev–Trinajstić information content (AvgIpc) is 3.08. The molecule has 2 aliphatic heterocycles. The topological polar surface area (TPSA) is 49.3 Å². The Kier molecular flexibility index (Phi) is 4.88. The number of amides is 1. The minimum Gasteiger partial charge on any atom is -0.305 e. The van der Waals surface area contributed by atoms with Crippen LogP contribution in [0, 0.1) is 5.95 Å². The SMILES string of the molecule is O=C1N(Cc2ncc3ccccc3c2-c2ccc(F)nc2)c2ccccc2C12CN(CCF)C2. The highest BCUT2D eigenvalue weighted by molar-refractivity contribution is 6.09. The molecule has 0 bridgehead atoms. The summed E-state index contributed by atoms with van der Waals surface area (Å²) in [5.41, 5.74) is 3.51. The number of halogens is 2. The summed E-state index contributed by atoms with van der Waals surface area (Å²) >= 11 is 0. The molecule has 2 aromatic carbocycles. The molecule has 1 saturated heterocycles. The maximum atomic E-state index is 13.8. The standard InChI is InChI=1S/C27H22F2N4O/c28-11-12-32-16-27(17-32)21-7-3-4-8-23(21)33(26(27)34)15-22-25(19-9-10-24(29)31-14-19)20-6-2-1-5-18(20)13-30-22/h1-10,13-14H,11-12,15-17H2. The van der Waals surface area contributed by atoms with Crippen molar-refractivity contribution in [2.45, 2.75) is 12.0 Å². The van der Waals surface area contributed by atoms with Gasteiger partial charge < -0.3 is 4.90 Å². The van der Waals surface area contributed by atoms with Gasteiger partial charge in [-0.2, -0.15) is 4.39 Å². The van der Waals surface area contributed by atoms with Crippen LogP contribution in [0.2, 0.25) is 0 Å². The molecule has 4 heterocycles. The fourth-order valence-corrected chi connectivity index (χ4v) is 5.37. The third-order valence-electron chi connectivity index (χ3n) is 6.95. The second kappa shape index (κ2) is 7.95. The van der Waals surface area contributed by atoms with Crippen LogP contribution in [0.25, 0.3) is 21.9 Å². The third-order valence-corrected chi connectivity index (χ3v) is 6.95. The average molecular weight is 456 g/mol. The van der Waals surface area contributed by atoms with Crippen LogP contribution in [0.1, 0.15) is 11.3 Å². The van der Waals surface area contributed by atoms with E-state index in [1.54, 1.807) is 17.2 Å². The summed E-state index contributed by atoms with van der Waals surface area (Å²) in [4.78, 5) is 26.1. The zero-order valence-electron chi connectivity index (χ0n) is 18.4. The molecule has 5 nitrogen and oxygen atoms in total. The van der Waals surface area contributed by atoms with Gasteiger partial charge in [-0.15, -0.1) is 0 Å². The molecule has 2 aromatic heterocycles. The van der Waals surface area contributed by atoms with Crippen LogP contribution in [-0.2, 0) is 16.8 Å². The molecular weight excluding hydrogens is 434 g/mol. The number of pyridine rings is 2. The van der Waals surface area contributed by atoms with Crippen molar-refractivity contribution < 1.29 is 13.6 Å². The van der Waals surface area contributed by atoms with Crippen molar-refractivity contribution in [2.24, 2.45) is 0 Å². The van der Waals surface area contributed by atoms with E-state index in [1.165, 1.54) is 12.3 Å². The molecule has 0 aliphatic carbocycles. The van der Waals surface area contributed by atoms with Gasteiger partial charge in [-0.25, -0.2) is 9.37 Å². The van der Waals surface area contributed by atoms with Crippen LogP contribution in [0.3, 0.4) is 0 Å². The molecule has 1 fully saturated rings. The fraction of sp³-hybridized carbons (Fsp3) is 0.222. The summed E-state index contributed by atoms with van der Waals surface area (Å²) in [6.45, 7) is 1.22.